The lowest BCUT2D eigenvalue weighted by Crippen LogP contribution is -2.56. The Balaban J connectivity index is 1.52. The van der Waals surface area contributed by atoms with Crippen LogP contribution in [-0.4, -0.2) is 63.2 Å². The van der Waals surface area contributed by atoms with E-state index in [1.165, 1.54) is 30.2 Å². The molecule has 3 fully saturated rings. The van der Waals surface area contributed by atoms with E-state index in [9.17, 15) is 18.5 Å². The van der Waals surface area contributed by atoms with E-state index in [4.69, 9.17) is 0 Å². The van der Waals surface area contributed by atoms with Crippen molar-refractivity contribution >= 4 is 21.6 Å². The quantitative estimate of drug-likeness (QED) is 0.548. The molecule has 0 bridgehead atoms. The van der Waals surface area contributed by atoms with Crippen molar-refractivity contribution in [2.75, 3.05) is 38.3 Å². The molecule has 196 valence electrons. The molecule has 3 aliphatic rings. The van der Waals surface area contributed by atoms with Gasteiger partial charge in [-0.1, -0.05) is 36.8 Å². The largest absolute Gasteiger partial charge is 0.325 e. The first-order chi connectivity index (χ1) is 17.6. The summed E-state index contributed by atoms with van der Waals surface area (Å²) in [6.45, 7) is 1.20. The Morgan fingerprint density at radius 1 is 1.05 bits per heavy atom. The lowest BCUT2D eigenvalue weighted by atomic mass is 9.68. The van der Waals surface area contributed by atoms with Gasteiger partial charge in [0.1, 0.15) is 6.07 Å². The fourth-order valence-corrected chi connectivity index (χ4v) is 7.19. The van der Waals surface area contributed by atoms with Gasteiger partial charge >= 0.3 is 6.03 Å². The summed E-state index contributed by atoms with van der Waals surface area (Å²) in [6, 6.07) is 17.2. The third kappa shape index (κ3) is 4.42. The Bertz CT molecular complexity index is 1320. The van der Waals surface area contributed by atoms with Gasteiger partial charge in [0.25, 0.3) is 0 Å². The summed E-state index contributed by atoms with van der Waals surface area (Å²) in [7, 11) is 0.796. The fourth-order valence-electron chi connectivity index (χ4n) is 6.55. The number of nitrogens with zero attached hydrogens (tertiary/aromatic N) is 4. The molecule has 2 amide bonds. The maximum absolute atomic E-state index is 14.0. The highest BCUT2D eigenvalue weighted by molar-refractivity contribution is 7.90. The molecule has 7 nitrogen and oxygen atoms in total. The molecule has 0 aromatic heterocycles. The summed E-state index contributed by atoms with van der Waals surface area (Å²) in [4.78, 5) is 20.2. The predicted octanol–water partition coefficient (Wildman–Crippen LogP) is 4.77. The van der Waals surface area contributed by atoms with Gasteiger partial charge in [0.15, 0.2) is 9.84 Å². The average molecular weight is 521 g/mol. The number of sulfone groups is 1. The van der Waals surface area contributed by atoms with Crippen molar-refractivity contribution in [3.05, 3.63) is 59.7 Å². The predicted molar refractivity (Wildman–Crippen MR) is 144 cm³/mol. The second kappa shape index (κ2) is 9.45. The minimum Gasteiger partial charge on any atom is -0.317 e. The summed E-state index contributed by atoms with van der Waals surface area (Å²) in [5, 5.41) is 9.82. The maximum Gasteiger partial charge on any atom is 0.325 e. The number of carbonyl (C=O) groups is 1. The molecule has 0 atom stereocenters. The van der Waals surface area contributed by atoms with Crippen molar-refractivity contribution in [2.45, 2.75) is 60.9 Å². The van der Waals surface area contributed by atoms with E-state index in [0.29, 0.717) is 23.7 Å². The van der Waals surface area contributed by atoms with Gasteiger partial charge in [-0.2, -0.15) is 5.26 Å². The third-order valence-electron chi connectivity index (χ3n) is 9.14. The maximum atomic E-state index is 14.0. The van der Waals surface area contributed by atoms with E-state index in [2.05, 4.69) is 54.2 Å². The van der Waals surface area contributed by atoms with Gasteiger partial charge < -0.3 is 4.90 Å². The molecule has 0 N–H and O–H groups in total. The smallest absolute Gasteiger partial charge is 0.317 e. The molecule has 1 saturated heterocycles. The molecule has 2 aromatic carbocycles. The van der Waals surface area contributed by atoms with Crippen LogP contribution >= 0.6 is 0 Å². The molecular formula is C29H36N4O3S. The number of hydrogen-bond acceptors (Lipinski definition) is 5. The number of rotatable bonds is 6. The number of urea groups is 1. The van der Waals surface area contributed by atoms with Crippen LogP contribution < -0.4 is 4.90 Å². The fraction of sp³-hybridized carbons (Fsp3) is 0.517. The SMILES string of the molecule is CN(C)C1(c2ccccc2)CCC2(CC1)CN(c1cc(S(C)(=O)=O)ccc1C#N)C(=O)N2CC1CCC1. The van der Waals surface area contributed by atoms with Crippen molar-refractivity contribution in [3.63, 3.8) is 0 Å². The monoisotopic (exact) mass is 520 g/mol. The highest BCUT2D eigenvalue weighted by Gasteiger charge is 2.55. The minimum atomic E-state index is -3.48. The Hall–Kier alpha value is -2.89. The number of carbonyl (C=O) groups excluding carboxylic acids is 1. The Kier molecular flexibility index (Phi) is 6.57. The molecule has 8 heteroatoms. The first-order valence-electron chi connectivity index (χ1n) is 13.2. The van der Waals surface area contributed by atoms with E-state index < -0.39 is 9.84 Å². The molecule has 37 heavy (non-hydrogen) atoms. The van der Waals surface area contributed by atoms with Gasteiger partial charge in [0, 0.05) is 18.3 Å². The second-order valence-electron chi connectivity index (χ2n) is 11.4. The van der Waals surface area contributed by atoms with Crippen molar-refractivity contribution in [2.24, 2.45) is 5.92 Å². The first-order valence-corrected chi connectivity index (χ1v) is 15.1. The lowest BCUT2D eigenvalue weighted by Gasteiger charge is -2.51. The zero-order valence-corrected chi connectivity index (χ0v) is 22.8. The highest BCUT2D eigenvalue weighted by atomic mass is 32.2. The first kappa shape index (κ1) is 25.7. The van der Waals surface area contributed by atoms with E-state index in [1.54, 1.807) is 4.90 Å². The number of hydrogen-bond donors (Lipinski definition) is 0. The zero-order valence-electron chi connectivity index (χ0n) is 22.0. The molecular weight excluding hydrogens is 484 g/mol. The molecule has 2 aliphatic carbocycles. The van der Waals surface area contributed by atoms with Gasteiger partial charge in [0.2, 0.25) is 0 Å². The molecule has 0 radical (unpaired) electrons. The van der Waals surface area contributed by atoms with Gasteiger partial charge in [-0.25, -0.2) is 13.2 Å². The van der Waals surface area contributed by atoms with Crippen LogP contribution in [0.3, 0.4) is 0 Å². The van der Waals surface area contributed by atoms with Crippen LogP contribution in [0.4, 0.5) is 10.5 Å². The summed E-state index contributed by atoms with van der Waals surface area (Å²) in [5.74, 6) is 0.508. The Morgan fingerprint density at radius 3 is 2.27 bits per heavy atom. The average Bonchev–Trinajstić information content (AvgIpc) is 3.12. The normalized spacial score (nSPS) is 26.5. The molecule has 1 heterocycles. The van der Waals surface area contributed by atoms with Crippen LogP contribution in [0.5, 0.6) is 0 Å². The van der Waals surface area contributed by atoms with Crippen LogP contribution in [-0.2, 0) is 15.4 Å². The number of anilines is 1. The van der Waals surface area contributed by atoms with Crippen LogP contribution in [0.2, 0.25) is 0 Å². The molecule has 5 rings (SSSR count). The summed E-state index contributed by atoms with van der Waals surface area (Å²) in [5.41, 5.74) is 1.59. The van der Waals surface area contributed by atoms with Crippen molar-refractivity contribution in [1.29, 1.82) is 5.26 Å². The van der Waals surface area contributed by atoms with Crippen molar-refractivity contribution in [1.82, 2.24) is 9.80 Å². The Labute approximate surface area is 220 Å². The number of nitriles is 1. The summed E-state index contributed by atoms with van der Waals surface area (Å²) in [6.07, 6.45) is 8.17. The van der Waals surface area contributed by atoms with Crippen LogP contribution in [0.15, 0.2) is 53.4 Å². The number of benzene rings is 2. The molecule has 2 aromatic rings. The molecule has 0 unspecified atom stereocenters. The van der Waals surface area contributed by atoms with E-state index in [1.807, 2.05) is 6.07 Å². The van der Waals surface area contributed by atoms with Gasteiger partial charge in [-0.3, -0.25) is 9.80 Å². The van der Waals surface area contributed by atoms with Crippen LogP contribution in [0.25, 0.3) is 0 Å². The van der Waals surface area contributed by atoms with Crippen LogP contribution in [0.1, 0.15) is 56.1 Å². The standard InChI is InChI=1S/C29H36N4O3S/c1-31(2)29(24-10-5-4-6-11-24)16-14-28(15-17-29)21-32(27(34)33(28)20-22-8-7-9-22)26-18-25(37(3,35)36)13-12-23(26)19-30/h4-6,10-13,18,22H,7-9,14-17,20-21H2,1-3H3. The molecule has 1 spiro atoms. The van der Waals surface area contributed by atoms with Crippen molar-refractivity contribution < 1.29 is 13.2 Å². The second-order valence-corrected chi connectivity index (χ2v) is 13.4. The van der Waals surface area contributed by atoms with Gasteiger partial charge in [0.05, 0.1) is 28.2 Å². The summed E-state index contributed by atoms with van der Waals surface area (Å²) < 4.78 is 24.6. The topological polar surface area (TPSA) is 84.7 Å². The van der Waals surface area contributed by atoms with E-state index >= 15 is 0 Å². The molecule has 2 saturated carbocycles. The Morgan fingerprint density at radius 2 is 1.73 bits per heavy atom. The molecule has 1 aliphatic heterocycles. The van der Waals surface area contributed by atoms with E-state index in [-0.39, 0.29) is 22.0 Å². The zero-order chi connectivity index (χ0) is 26.4. The van der Waals surface area contributed by atoms with E-state index in [0.717, 1.165) is 51.3 Å². The highest BCUT2D eigenvalue weighted by Crippen LogP contribution is 2.50. The summed E-state index contributed by atoms with van der Waals surface area (Å²) >= 11 is 0. The van der Waals surface area contributed by atoms with Gasteiger partial charge in [-0.05, 0) is 82.3 Å². The van der Waals surface area contributed by atoms with Crippen LogP contribution in [0, 0.1) is 17.2 Å². The van der Waals surface area contributed by atoms with Crippen molar-refractivity contribution in [3.8, 4) is 6.07 Å². The minimum absolute atomic E-state index is 0.0981. The van der Waals surface area contributed by atoms with Gasteiger partial charge in [-0.15, -0.1) is 0 Å². The number of amides is 2. The third-order valence-corrected chi connectivity index (χ3v) is 10.2. The lowest BCUT2D eigenvalue weighted by molar-refractivity contribution is 0.0172.